The van der Waals surface area contributed by atoms with Gasteiger partial charge in [0.25, 0.3) is 5.91 Å². The van der Waals surface area contributed by atoms with E-state index in [2.05, 4.69) is 17.0 Å². The second-order valence-electron chi connectivity index (χ2n) is 7.84. The van der Waals surface area contributed by atoms with Crippen LogP contribution in [0.4, 0.5) is 4.79 Å². The molecule has 3 amide bonds. The van der Waals surface area contributed by atoms with Crippen molar-refractivity contribution in [2.24, 2.45) is 0 Å². The Kier molecular flexibility index (Phi) is 6.12. The van der Waals surface area contributed by atoms with E-state index in [1.165, 1.54) is 5.56 Å². The molecule has 0 radical (unpaired) electrons. The van der Waals surface area contributed by atoms with E-state index in [1.807, 2.05) is 26.8 Å². The van der Waals surface area contributed by atoms with Crippen molar-refractivity contribution in [3.8, 4) is 0 Å². The highest BCUT2D eigenvalue weighted by Crippen LogP contribution is 2.15. The Bertz CT molecular complexity index is 673. The quantitative estimate of drug-likeness (QED) is 0.790. The summed E-state index contributed by atoms with van der Waals surface area (Å²) in [5, 5.41) is 0. The molecule has 0 aromatic heterocycles. The number of benzene rings is 1. The normalized spacial score (nSPS) is 21.2. The van der Waals surface area contributed by atoms with E-state index in [4.69, 9.17) is 4.74 Å². The Morgan fingerprint density at radius 1 is 0.750 bits per heavy atom. The summed E-state index contributed by atoms with van der Waals surface area (Å²) >= 11 is 0. The van der Waals surface area contributed by atoms with Gasteiger partial charge in [-0.15, -0.1) is 0 Å². The van der Waals surface area contributed by atoms with Gasteiger partial charge in [0.2, 0.25) is 0 Å². The van der Waals surface area contributed by atoms with Crippen LogP contribution in [-0.4, -0.2) is 97.1 Å². The van der Waals surface area contributed by atoms with Gasteiger partial charge >= 0.3 is 6.03 Å². The van der Waals surface area contributed by atoms with Crippen molar-refractivity contribution in [3.63, 3.8) is 0 Å². The monoisotopic (exact) mass is 386 g/mol. The van der Waals surface area contributed by atoms with E-state index in [-0.39, 0.29) is 11.9 Å². The van der Waals surface area contributed by atoms with Gasteiger partial charge in [-0.05, 0) is 30.5 Å². The summed E-state index contributed by atoms with van der Waals surface area (Å²) in [4.78, 5) is 33.2. The molecule has 0 saturated carbocycles. The van der Waals surface area contributed by atoms with Gasteiger partial charge < -0.3 is 19.4 Å². The molecule has 0 spiro atoms. The lowest BCUT2D eigenvalue weighted by molar-refractivity contribution is 0.0373. The number of nitrogens with zero attached hydrogens (tertiary/aromatic N) is 4. The molecule has 4 rings (SSSR count). The summed E-state index contributed by atoms with van der Waals surface area (Å²) in [7, 11) is 0. The highest BCUT2D eigenvalue weighted by Gasteiger charge is 2.26. The number of ether oxygens (including phenoxy) is 1. The number of urea groups is 1. The molecule has 0 bridgehead atoms. The number of morpholine rings is 1. The lowest BCUT2D eigenvalue weighted by Gasteiger charge is -2.38. The highest BCUT2D eigenvalue weighted by molar-refractivity contribution is 5.94. The summed E-state index contributed by atoms with van der Waals surface area (Å²) < 4.78 is 5.33. The first kappa shape index (κ1) is 19.2. The summed E-state index contributed by atoms with van der Waals surface area (Å²) in [6.07, 6.45) is 2.23. The van der Waals surface area contributed by atoms with Crippen LogP contribution in [0.1, 0.15) is 28.8 Å². The van der Waals surface area contributed by atoms with Crippen LogP contribution < -0.4 is 0 Å². The van der Waals surface area contributed by atoms with Crippen molar-refractivity contribution in [2.75, 3.05) is 65.6 Å². The van der Waals surface area contributed by atoms with Crippen molar-refractivity contribution in [2.45, 2.75) is 19.4 Å². The third-order valence-corrected chi connectivity index (χ3v) is 5.92. The van der Waals surface area contributed by atoms with E-state index in [0.29, 0.717) is 26.3 Å². The number of likely N-dealkylation sites (tertiary alicyclic amines) is 1. The zero-order chi connectivity index (χ0) is 19.3. The summed E-state index contributed by atoms with van der Waals surface area (Å²) in [5.41, 5.74) is 2.00. The van der Waals surface area contributed by atoms with Gasteiger partial charge in [-0.25, -0.2) is 4.79 Å². The van der Waals surface area contributed by atoms with Crippen molar-refractivity contribution in [1.82, 2.24) is 19.6 Å². The maximum absolute atomic E-state index is 12.6. The van der Waals surface area contributed by atoms with Crippen LogP contribution in [0.5, 0.6) is 0 Å². The summed E-state index contributed by atoms with van der Waals surface area (Å²) in [5.74, 6) is 0.152. The Morgan fingerprint density at radius 3 is 2.00 bits per heavy atom. The van der Waals surface area contributed by atoms with Crippen LogP contribution >= 0.6 is 0 Å². The third kappa shape index (κ3) is 4.47. The lowest BCUT2D eigenvalue weighted by Crippen LogP contribution is -2.54. The van der Waals surface area contributed by atoms with E-state index < -0.39 is 0 Å². The van der Waals surface area contributed by atoms with Gasteiger partial charge in [-0.3, -0.25) is 9.69 Å². The molecule has 0 unspecified atom stereocenters. The molecule has 7 heteroatoms. The average molecular weight is 386 g/mol. The molecule has 7 nitrogen and oxygen atoms in total. The van der Waals surface area contributed by atoms with Gasteiger partial charge in [-0.1, -0.05) is 12.1 Å². The first-order chi connectivity index (χ1) is 13.7. The molecule has 28 heavy (non-hydrogen) atoms. The van der Waals surface area contributed by atoms with Crippen molar-refractivity contribution >= 4 is 11.9 Å². The fraction of sp³-hybridized carbons (Fsp3) is 0.619. The molecule has 3 saturated heterocycles. The minimum absolute atomic E-state index is 0.146. The highest BCUT2D eigenvalue weighted by atomic mass is 16.5. The van der Waals surface area contributed by atoms with Gasteiger partial charge in [-0.2, -0.15) is 0 Å². The van der Waals surface area contributed by atoms with Crippen molar-refractivity contribution in [1.29, 1.82) is 0 Å². The second kappa shape index (κ2) is 8.92. The molecule has 3 aliphatic heterocycles. The van der Waals surface area contributed by atoms with E-state index in [9.17, 15) is 9.59 Å². The minimum atomic E-state index is 0.146. The lowest BCUT2D eigenvalue weighted by atomic mass is 10.1. The number of hydrogen-bond donors (Lipinski definition) is 0. The number of hydrogen-bond acceptors (Lipinski definition) is 4. The maximum Gasteiger partial charge on any atom is 0.320 e. The Morgan fingerprint density at radius 2 is 1.36 bits per heavy atom. The fourth-order valence-electron chi connectivity index (χ4n) is 4.17. The predicted octanol–water partition coefficient (Wildman–Crippen LogP) is 1.49. The van der Waals surface area contributed by atoms with Crippen LogP contribution in [0.25, 0.3) is 0 Å². The van der Waals surface area contributed by atoms with Crippen LogP contribution in [0.15, 0.2) is 24.3 Å². The molecule has 3 heterocycles. The van der Waals surface area contributed by atoms with Gasteiger partial charge in [0.1, 0.15) is 0 Å². The molecule has 0 aliphatic carbocycles. The summed E-state index contributed by atoms with van der Waals surface area (Å²) in [6.45, 7) is 8.59. The SMILES string of the molecule is O=C(c1ccc(CN2CCN(C(=O)N3CCOCC3)CC2)cc1)N1CCCC1. The second-order valence-corrected chi connectivity index (χ2v) is 7.84. The Hall–Kier alpha value is -2.12. The topological polar surface area (TPSA) is 56.3 Å². The zero-order valence-electron chi connectivity index (χ0n) is 16.5. The Balaban J connectivity index is 1.25. The van der Waals surface area contributed by atoms with Gasteiger partial charge in [0.05, 0.1) is 13.2 Å². The molecule has 3 aliphatic rings. The van der Waals surface area contributed by atoms with E-state index >= 15 is 0 Å². The van der Waals surface area contributed by atoms with Crippen LogP contribution in [0.2, 0.25) is 0 Å². The maximum atomic E-state index is 12.6. The van der Waals surface area contributed by atoms with Crippen LogP contribution in [-0.2, 0) is 11.3 Å². The third-order valence-electron chi connectivity index (χ3n) is 5.92. The molecular weight excluding hydrogens is 356 g/mol. The van der Waals surface area contributed by atoms with E-state index in [1.54, 1.807) is 0 Å². The molecule has 0 atom stereocenters. The first-order valence-electron chi connectivity index (χ1n) is 10.4. The molecule has 152 valence electrons. The van der Waals surface area contributed by atoms with Crippen molar-refractivity contribution < 1.29 is 14.3 Å². The first-order valence-corrected chi connectivity index (χ1v) is 10.4. The van der Waals surface area contributed by atoms with Crippen LogP contribution in [0, 0.1) is 0 Å². The smallest absolute Gasteiger partial charge is 0.320 e. The summed E-state index contributed by atoms with van der Waals surface area (Å²) in [6, 6.07) is 8.18. The molecule has 1 aromatic carbocycles. The van der Waals surface area contributed by atoms with E-state index in [0.717, 1.165) is 64.2 Å². The van der Waals surface area contributed by atoms with Gasteiger partial charge in [0, 0.05) is 64.5 Å². The fourth-order valence-corrected chi connectivity index (χ4v) is 4.17. The van der Waals surface area contributed by atoms with Crippen LogP contribution in [0.3, 0.4) is 0 Å². The molecular formula is C21H30N4O3. The largest absolute Gasteiger partial charge is 0.378 e. The number of carbonyl (C=O) groups is 2. The number of carbonyl (C=O) groups excluding carboxylic acids is 2. The van der Waals surface area contributed by atoms with Crippen molar-refractivity contribution in [3.05, 3.63) is 35.4 Å². The number of piperazine rings is 1. The number of amides is 3. The standard InChI is InChI=1S/C21H30N4O3/c26-20(23-7-1-2-8-23)19-5-3-18(4-6-19)17-22-9-11-24(12-10-22)21(27)25-13-15-28-16-14-25/h3-6H,1-2,7-17H2. The number of rotatable bonds is 3. The average Bonchev–Trinajstić information content (AvgIpc) is 3.29. The minimum Gasteiger partial charge on any atom is -0.378 e. The van der Waals surface area contributed by atoms with Gasteiger partial charge in [0.15, 0.2) is 0 Å². The molecule has 0 N–H and O–H groups in total. The Labute approximate surface area is 166 Å². The molecule has 3 fully saturated rings. The molecule has 1 aromatic rings. The zero-order valence-corrected chi connectivity index (χ0v) is 16.5. The predicted molar refractivity (Wildman–Crippen MR) is 106 cm³/mol.